The highest BCUT2D eigenvalue weighted by Gasteiger charge is 2.05. The molecule has 4 heteroatoms. The number of para-hydroxylation sites is 2. The van der Waals surface area contributed by atoms with Gasteiger partial charge in [-0.3, -0.25) is 0 Å². The molecular weight excluding hydrogens is 214 g/mol. The Bertz CT molecular complexity index is 526. The number of hydrogen-bond donors (Lipinski definition) is 1. The summed E-state index contributed by atoms with van der Waals surface area (Å²) >= 11 is 0. The maximum Gasteiger partial charge on any atom is 0.222 e. The lowest BCUT2D eigenvalue weighted by Gasteiger charge is -2.08. The Morgan fingerprint density at radius 1 is 1.24 bits per heavy atom. The Balaban J connectivity index is 2.30. The molecule has 0 fully saturated rings. The van der Waals surface area contributed by atoms with Crippen molar-refractivity contribution >= 4 is 5.69 Å². The summed E-state index contributed by atoms with van der Waals surface area (Å²) in [5, 5.41) is 0. The second-order valence-electron chi connectivity index (χ2n) is 3.74. The zero-order valence-corrected chi connectivity index (χ0v) is 9.97. The predicted octanol–water partition coefficient (Wildman–Crippen LogP) is 2.72. The molecule has 0 aliphatic rings. The normalized spacial score (nSPS) is 10.2. The summed E-state index contributed by atoms with van der Waals surface area (Å²) < 4.78 is 5.66. The summed E-state index contributed by atoms with van der Waals surface area (Å²) in [6, 6.07) is 9.19. The highest BCUT2D eigenvalue weighted by molar-refractivity contribution is 5.53. The van der Waals surface area contributed by atoms with Crippen LogP contribution in [0.5, 0.6) is 11.6 Å². The Morgan fingerprint density at radius 3 is 2.71 bits per heavy atom. The van der Waals surface area contributed by atoms with E-state index in [4.69, 9.17) is 10.5 Å². The maximum atomic E-state index is 5.81. The Kier molecular flexibility index (Phi) is 3.23. The molecule has 0 unspecified atom stereocenters. The second kappa shape index (κ2) is 4.82. The van der Waals surface area contributed by atoms with Crippen molar-refractivity contribution in [2.75, 3.05) is 5.73 Å². The van der Waals surface area contributed by atoms with Gasteiger partial charge in [0.2, 0.25) is 5.88 Å². The minimum atomic E-state index is 0.534. The van der Waals surface area contributed by atoms with Crippen LogP contribution >= 0.6 is 0 Å². The molecule has 0 amide bonds. The average molecular weight is 229 g/mol. The van der Waals surface area contributed by atoms with E-state index >= 15 is 0 Å². The van der Waals surface area contributed by atoms with Crippen molar-refractivity contribution in [2.24, 2.45) is 0 Å². The van der Waals surface area contributed by atoms with Crippen LogP contribution < -0.4 is 10.5 Å². The molecule has 2 N–H and O–H groups in total. The molecule has 0 aliphatic carbocycles. The number of rotatable bonds is 3. The van der Waals surface area contributed by atoms with Crippen LogP contribution in [-0.2, 0) is 6.42 Å². The Labute approximate surface area is 100 Å². The minimum Gasteiger partial charge on any atom is -0.437 e. The van der Waals surface area contributed by atoms with Crippen molar-refractivity contribution in [3.63, 3.8) is 0 Å². The number of benzene rings is 1. The largest absolute Gasteiger partial charge is 0.437 e. The lowest BCUT2D eigenvalue weighted by atomic mass is 10.3. The van der Waals surface area contributed by atoms with Crippen molar-refractivity contribution in [3.8, 4) is 11.6 Å². The first-order valence-corrected chi connectivity index (χ1v) is 5.56. The molecule has 88 valence electrons. The van der Waals surface area contributed by atoms with Gasteiger partial charge in [0, 0.05) is 11.8 Å². The van der Waals surface area contributed by atoms with Gasteiger partial charge in [-0.05, 0) is 25.5 Å². The predicted molar refractivity (Wildman–Crippen MR) is 67.1 cm³/mol. The SMILES string of the molecule is CCc1cc(Oc2ccccc2N)nc(C)n1. The van der Waals surface area contributed by atoms with Gasteiger partial charge in [0.1, 0.15) is 5.82 Å². The van der Waals surface area contributed by atoms with Crippen molar-refractivity contribution in [1.82, 2.24) is 9.97 Å². The van der Waals surface area contributed by atoms with E-state index in [1.807, 2.05) is 38.1 Å². The number of hydrogen-bond acceptors (Lipinski definition) is 4. The van der Waals surface area contributed by atoms with E-state index in [9.17, 15) is 0 Å². The first-order chi connectivity index (χ1) is 8.19. The van der Waals surface area contributed by atoms with Crippen molar-refractivity contribution < 1.29 is 4.74 Å². The highest BCUT2D eigenvalue weighted by Crippen LogP contribution is 2.25. The topological polar surface area (TPSA) is 61.0 Å². The fourth-order valence-corrected chi connectivity index (χ4v) is 1.52. The molecule has 2 aromatic rings. The molecule has 2 rings (SSSR count). The molecule has 0 bridgehead atoms. The molecule has 1 aromatic carbocycles. The number of anilines is 1. The first kappa shape index (κ1) is 11.4. The minimum absolute atomic E-state index is 0.534. The standard InChI is InChI=1S/C13H15N3O/c1-3-10-8-13(16-9(2)15-10)17-12-7-5-4-6-11(12)14/h4-8H,3,14H2,1-2H3. The van der Waals surface area contributed by atoms with Crippen LogP contribution in [0.4, 0.5) is 5.69 Å². The van der Waals surface area contributed by atoms with Gasteiger partial charge in [-0.15, -0.1) is 0 Å². The molecular formula is C13H15N3O. The first-order valence-electron chi connectivity index (χ1n) is 5.56. The van der Waals surface area contributed by atoms with Gasteiger partial charge >= 0.3 is 0 Å². The van der Waals surface area contributed by atoms with Crippen LogP contribution in [0, 0.1) is 6.92 Å². The summed E-state index contributed by atoms with van der Waals surface area (Å²) in [6.45, 7) is 3.89. The zero-order valence-electron chi connectivity index (χ0n) is 9.97. The number of nitrogen functional groups attached to an aromatic ring is 1. The number of nitrogens with two attached hydrogens (primary N) is 1. The third kappa shape index (κ3) is 2.72. The third-order valence-electron chi connectivity index (χ3n) is 2.36. The van der Waals surface area contributed by atoms with Crippen molar-refractivity contribution in [2.45, 2.75) is 20.3 Å². The van der Waals surface area contributed by atoms with Gasteiger partial charge in [0.15, 0.2) is 5.75 Å². The van der Waals surface area contributed by atoms with Crippen molar-refractivity contribution in [3.05, 3.63) is 41.9 Å². The molecule has 0 spiro atoms. The van der Waals surface area contributed by atoms with Gasteiger partial charge in [-0.25, -0.2) is 4.98 Å². The Hall–Kier alpha value is -2.10. The van der Waals surface area contributed by atoms with Crippen LogP contribution in [0.25, 0.3) is 0 Å². The molecule has 1 aromatic heterocycles. The van der Waals surface area contributed by atoms with E-state index < -0.39 is 0 Å². The van der Waals surface area contributed by atoms with Gasteiger partial charge in [-0.2, -0.15) is 4.98 Å². The fraction of sp³-hybridized carbons (Fsp3) is 0.231. The molecule has 0 saturated carbocycles. The maximum absolute atomic E-state index is 5.81. The monoisotopic (exact) mass is 229 g/mol. The molecule has 17 heavy (non-hydrogen) atoms. The summed E-state index contributed by atoms with van der Waals surface area (Å²) in [5.41, 5.74) is 7.37. The average Bonchev–Trinajstić information content (AvgIpc) is 2.31. The van der Waals surface area contributed by atoms with E-state index in [0.29, 0.717) is 23.1 Å². The smallest absolute Gasteiger partial charge is 0.222 e. The van der Waals surface area contributed by atoms with Crippen LogP contribution in [0.2, 0.25) is 0 Å². The van der Waals surface area contributed by atoms with E-state index in [0.717, 1.165) is 12.1 Å². The van der Waals surface area contributed by atoms with Crippen molar-refractivity contribution in [1.29, 1.82) is 0 Å². The van der Waals surface area contributed by atoms with Crippen LogP contribution in [-0.4, -0.2) is 9.97 Å². The molecule has 0 aliphatic heterocycles. The van der Waals surface area contributed by atoms with E-state index in [-0.39, 0.29) is 0 Å². The molecule has 0 radical (unpaired) electrons. The summed E-state index contributed by atoms with van der Waals surface area (Å²) in [7, 11) is 0. The number of ether oxygens (including phenoxy) is 1. The van der Waals surface area contributed by atoms with Gasteiger partial charge in [-0.1, -0.05) is 19.1 Å². The zero-order chi connectivity index (χ0) is 12.3. The number of aromatic nitrogens is 2. The van der Waals surface area contributed by atoms with Gasteiger partial charge in [0.25, 0.3) is 0 Å². The lowest BCUT2D eigenvalue weighted by molar-refractivity contribution is 0.460. The third-order valence-corrected chi connectivity index (χ3v) is 2.36. The molecule has 1 heterocycles. The van der Waals surface area contributed by atoms with E-state index in [1.165, 1.54) is 0 Å². The Morgan fingerprint density at radius 2 is 2.00 bits per heavy atom. The van der Waals surface area contributed by atoms with Crippen LogP contribution in [0.15, 0.2) is 30.3 Å². The van der Waals surface area contributed by atoms with E-state index in [1.54, 1.807) is 6.07 Å². The second-order valence-corrected chi connectivity index (χ2v) is 3.74. The van der Waals surface area contributed by atoms with E-state index in [2.05, 4.69) is 9.97 Å². The van der Waals surface area contributed by atoms with Crippen LogP contribution in [0.3, 0.4) is 0 Å². The number of aryl methyl sites for hydroxylation is 2. The molecule has 0 saturated heterocycles. The highest BCUT2D eigenvalue weighted by atomic mass is 16.5. The van der Waals surface area contributed by atoms with Gasteiger partial charge < -0.3 is 10.5 Å². The van der Waals surface area contributed by atoms with Crippen LogP contribution in [0.1, 0.15) is 18.4 Å². The molecule has 4 nitrogen and oxygen atoms in total. The summed E-state index contributed by atoms with van der Waals surface area (Å²) in [6.07, 6.45) is 0.851. The fourth-order valence-electron chi connectivity index (χ4n) is 1.52. The number of nitrogens with zero attached hydrogens (tertiary/aromatic N) is 2. The molecule has 0 atom stereocenters. The lowest BCUT2D eigenvalue weighted by Crippen LogP contribution is -1.98. The van der Waals surface area contributed by atoms with Gasteiger partial charge in [0.05, 0.1) is 5.69 Å². The summed E-state index contributed by atoms with van der Waals surface area (Å²) in [4.78, 5) is 8.52. The summed E-state index contributed by atoms with van der Waals surface area (Å²) in [5.74, 6) is 1.86. The quantitative estimate of drug-likeness (QED) is 0.822.